The molecule has 12 nitrogen and oxygen atoms in total. The second-order valence-corrected chi connectivity index (χ2v) is 13.8. The van der Waals surface area contributed by atoms with Gasteiger partial charge in [-0.05, 0) is 78.9 Å². The molecule has 0 fully saturated rings. The highest BCUT2D eigenvalue weighted by Crippen LogP contribution is 2.46. The summed E-state index contributed by atoms with van der Waals surface area (Å²) >= 11 is 3.53. The third-order valence-electron chi connectivity index (χ3n) is 8.06. The number of aromatic amines is 1. The molecule has 7 rings (SSSR count). The topological polar surface area (TPSA) is 144 Å². The number of thioether (sulfide) groups is 1. The van der Waals surface area contributed by atoms with Gasteiger partial charge in [0.15, 0.2) is 21.6 Å². The molecular formula is C34H31N7O5S2. The van der Waals surface area contributed by atoms with Crippen molar-refractivity contribution in [3.05, 3.63) is 83.9 Å². The smallest absolute Gasteiger partial charge is 0.420 e. The van der Waals surface area contributed by atoms with Gasteiger partial charge in [-0.1, -0.05) is 30.0 Å². The normalized spacial score (nSPS) is 14.1. The lowest BCUT2D eigenvalue weighted by molar-refractivity contribution is -0.141. The standard InChI is InChI=1S/C34H31N7O5S2/c1-40(29-19-28-37-32(39-41(28)38-29)20-10-12-22(13-11-20)35-30(42)16-17-31(43)45-2)34(44)46-23-14-15-24-21(18-23)6-5-9-26(24)47-33-36-25-7-3-4-8-27(25)48-33/h3-4,7-8,10-15,18-19,26H,5-6,9,16-17H2,1-2H3,(H,35,42)(H,37,39). The van der Waals surface area contributed by atoms with Gasteiger partial charge in [-0.15, -0.1) is 26.2 Å². The van der Waals surface area contributed by atoms with E-state index in [4.69, 9.17) is 9.72 Å². The van der Waals surface area contributed by atoms with Crippen molar-refractivity contribution in [2.45, 2.75) is 41.7 Å². The first kappa shape index (κ1) is 31.4. The van der Waals surface area contributed by atoms with Crippen molar-refractivity contribution < 1.29 is 23.9 Å². The maximum absolute atomic E-state index is 13.1. The number of aromatic nitrogens is 5. The highest BCUT2D eigenvalue weighted by Gasteiger charge is 2.25. The van der Waals surface area contributed by atoms with Gasteiger partial charge >= 0.3 is 12.1 Å². The first-order valence-electron chi connectivity index (χ1n) is 15.4. The summed E-state index contributed by atoms with van der Waals surface area (Å²) in [6, 6.07) is 22.9. The number of ether oxygens (including phenoxy) is 2. The molecule has 1 aliphatic carbocycles. The minimum Gasteiger partial charge on any atom is -0.469 e. The molecule has 1 atom stereocenters. The Bertz CT molecular complexity index is 2070. The number of benzene rings is 3. The van der Waals surface area contributed by atoms with Crippen LogP contribution >= 0.6 is 23.1 Å². The van der Waals surface area contributed by atoms with E-state index in [9.17, 15) is 14.4 Å². The molecule has 48 heavy (non-hydrogen) atoms. The third kappa shape index (κ3) is 6.75. The van der Waals surface area contributed by atoms with E-state index in [1.54, 1.807) is 60.5 Å². The lowest BCUT2D eigenvalue weighted by Crippen LogP contribution is -2.30. The molecule has 2 amide bonds. The van der Waals surface area contributed by atoms with Crippen LogP contribution < -0.4 is 15.0 Å². The Labute approximate surface area is 283 Å². The van der Waals surface area contributed by atoms with Gasteiger partial charge in [-0.2, -0.15) is 0 Å². The SMILES string of the molecule is COC(=O)CCC(=O)Nc1ccc(-c2nn3nc(N(C)C(=O)Oc4ccc5c(c4)CCCC5Sc4nc5ccccc5s4)cc3[nH]2)cc1. The van der Waals surface area contributed by atoms with E-state index < -0.39 is 12.1 Å². The average Bonchev–Trinajstić information content (AvgIpc) is 3.81. The number of rotatable bonds is 9. The minimum atomic E-state index is -0.559. The molecule has 6 aromatic rings. The fourth-order valence-electron chi connectivity index (χ4n) is 5.53. The number of hydrogen-bond donors (Lipinski definition) is 2. The molecule has 2 N–H and O–H groups in total. The number of carbonyl (C=O) groups is 3. The molecule has 14 heteroatoms. The Balaban J connectivity index is 0.973. The molecule has 1 aliphatic rings. The number of nitrogens with zero attached hydrogens (tertiary/aromatic N) is 5. The number of carbonyl (C=O) groups excluding carboxylic acids is 3. The predicted octanol–water partition coefficient (Wildman–Crippen LogP) is 7.03. The van der Waals surface area contributed by atoms with E-state index in [0.29, 0.717) is 34.0 Å². The Morgan fingerprint density at radius 3 is 2.69 bits per heavy atom. The highest BCUT2D eigenvalue weighted by molar-refractivity contribution is 8.01. The van der Waals surface area contributed by atoms with Crippen LogP contribution in [-0.2, 0) is 20.7 Å². The fourth-order valence-corrected chi connectivity index (χ4v) is 8.07. The first-order valence-corrected chi connectivity index (χ1v) is 17.1. The van der Waals surface area contributed by atoms with Crippen molar-refractivity contribution in [3.63, 3.8) is 0 Å². The largest absolute Gasteiger partial charge is 0.469 e. The molecule has 3 aromatic heterocycles. The van der Waals surface area contributed by atoms with Crippen molar-refractivity contribution in [1.82, 2.24) is 24.8 Å². The van der Waals surface area contributed by atoms with E-state index in [-0.39, 0.29) is 18.7 Å². The maximum atomic E-state index is 13.1. The van der Waals surface area contributed by atoms with Crippen molar-refractivity contribution in [2.24, 2.45) is 0 Å². The molecule has 0 saturated carbocycles. The zero-order chi connectivity index (χ0) is 33.2. The van der Waals surface area contributed by atoms with Gasteiger partial charge in [-0.3, -0.25) is 14.5 Å². The lowest BCUT2D eigenvalue weighted by atomic mass is 9.91. The summed E-state index contributed by atoms with van der Waals surface area (Å²) in [5, 5.41) is 12.0. The number of nitrogens with one attached hydrogen (secondary N) is 2. The van der Waals surface area contributed by atoms with Crippen LogP contribution in [0.1, 0.15) is 42.1 Å². The van der Waals surface area contributed by atoms with Crippen molar-refractivity contribution in [1.29, 1.82) is 0 Å². The molecule has 3 aromatic carbocycles. The lowest BCUT2D eigenvalue weighted by Gasteiger charge is -2.25. The molecule has 0 bridgehead atoms. The Hall–Kier alpha value is -5.21. The van der Waals surface area contributed by atoms with Crippen LogP contribution in [0.2, 0.25) is 0 Å². The van der Waals surface area contributed by atoms with E-state index in [0.717, 1.165) is 34.7 Å². The molecule has 244 valence electrons. The molecule has 0 saturated heterocycles. The van der Waals surface area contributed by atoms with Gasteiger partial charge in [0.05, 0.1) is 23.7 Å². The van der Waals surface area contributed by atoms with Crippen LogP contribution in [0.25, 0.3) is 27.3 Å². The quantitative estimate of drug-likeness (QED) is 0.154. The van der Waals surface area contributed by atoms with Gasteiger partial charge in [-0.25, -0.2) is 9.78 Å². The van der Waals surface area contributed by atoms with Gasteiger partial charge in [0, 0.05) is 36.0 Å². The van der Waals surface area contributed by atoms with Crippen LogP contribution in [0.15, 0.2) is 77.1 Å². The zero-order valence-corrected chi connectivity index (χ0v) is 27.8. The minimum absolute atomic E-state index is 0.0162. The van der Waals surface area contributed by atoms with Crippen molar-refractivity contribution >= 4 is 68.4 Å². The Morgan fingerprint density at radius 2 is 1.90 bits per heavy atom. The number of amides is 2. The van der Waals surface area contributed by atoms with Gasteiger partial charge in [0.25, 0.3) is 0 Å². The number of thiazole rings is 1. The summed E-state index contributed by atoms with van der Waals surface area (Å²) < 4.78 is 14.0. The Morgan fingerprint density at radius 1 is 1.06 bits per heavy atom. The Kier molecular flexibility index (Phi) is 8.82. The molecule has 1 unspecified atom stereocenters. The molecule has 3 heterocycles. The van der Waals surface area contributed by atoms with Gasteiger partial charge in [0.1, 0.15) is 5.75 Å². The summed E-state index contributed by atoms with van der Waals surface area (Å²) in [7, 11) is 2.89. The number of H-pyrrole nitrogens is 1. The molecular weight excluding hydrogens is 651 g/mol. The number of esters is 1. The summed E-state index contributed by atoms with van der Waals surface area (Å²) in [5.41, 5.74) is 5.44. The number of aryl methyl sites for hydroxylation is 1. The van der Waals surface area contributed by atoms with E-state index in [2.05, 4.69) is 37.4 Å². The van der Waals surface area contributed by atoms with Crippen LogP contribution in [0, 0.1) is 0 Å². The first-order chi connectivity index (χ1) is 23.3. The van der Waals surface area contributed by atoms with E-state index in [1.807, 2.05) is 30.3 Å². The summed E-state index contributed by atoms with van der Waals surface area (Å²) in [6.45, 7) is 0. The van der Waals surface area contributed by atoms with E-state index in [1.165, 1.54) is 32.5 Å². The average molecular weight is 682 g/mol. The van der Waals surface area contributed by atoms with Gasteiger partial charge < -0.3 is 19.8 Å². The summed E-state index contributed by atoms with van der Waals surface area (Å²) in [4.78, 5) is 45.8. The molecule has 0 radical (unpaired) electrons. The second kappa shape index (κ2) is 13.5. The highest BCUT2D eigenvalue weighted by atomic mass is 32.2. The summed E-state index contributed by atoms with van der Waals surface area (Å²) in [6.07, 6.45) is 2.55. The fraction of sp³-hybridized carbons (Fsp3) is 0.235. The van der Waals surface area contributed by atoms with Crippen LogP contribution in [0.3, 0.4) is 0 Å². The molecule has 0 spiro atoms. The second-order valence-electron chi connectivity index (χ2n) is 11.3. The van der Waals surface area contributed by atoms with Crippen LogP contribution in [-0.4, -0.2) is 56.9 Å². The van der Waals surface area contributed by atoms with E-state index >= 15 is 0 Å². The van der Waals surface area contributed by atoms with Crippen LogP contribution in [0.5, 0.6) is 5.75 Å². The predicted molar refractivity (Wildman–Crippen MR) is 185 cm³/mol. The molecule has 0 aliphatic heterocycles. The number of para-hydroxylation sites is 1. The number of fused-ring (bicyclic) bond motifs is 3. The van der Waals surface area contributed by atoms with Crippen molar-refractivity contribution in [2.75, 3.05) is 24.4 Å². The number of methoxy groups -OCH3 is 1. The maximum Gasteiger partial charge on any atom is 0.420 e. The third-order valence-corrected chi connectivity index (χ3v) is 10.5. The van der Waals surface area contributed by atoms with Crippen molar-refractivity contribution in [3.8, 4) is 17.1 Å². The zero-order valence-electron chi connectivity index (χ0n) is 26.1. The number of hydrogen-bond acceptors (Lipinski definition) is 10. The van der Waals surface area contributed by atoms with Crippen LogP contribution in [0.4, 0.5) is 16.3 Å². The monoisotopic (exact) mass is 681 g/mol. The number of anilines is 2. The van der Waals surface area contributed by atoms with Gasteiger partial charge in [0.2, 0.25) is 5.91 Å². The summed E-state index contributed by atoms with van der Waals surface area (Å²) in [5.74, 6) is 0.710.